The van der Waals surface area contributed by atoms with Gasteiger partial charge in [0.25, 0.3) is 5.91 Å². The van der Waals surface area contributed by atoms with Crippen LogP contribution in [0.3, 0.4) is 0 Å². The Labute approximate surface area is 244 Å². The van der Waals surface area contributed by atoms with Crippen LogP contribution in [0.25, 0.3) is 0 Å². The molecule has 0 aliphatic carbocycles. The highest BCUT2D eigenvalue weighted by Crippen LogP contribution is 2.49. The van der Waals surface area contributed by atoms with Gasteiger partial charge in [0.1, 0.15) is 29.7 Å². The molecule has 1 aliphatic heterocycles. The summed E-state index contributed by atoms with van der Waals surface area (Å²) < 4.78 is 32.2. The molecule has 5 N–H and O–H groups in total. The van der Waals surface area contributed by atoms with E-state index in [1.165, 1.54) is 71.6 Å². The van der Waals surface area contributed by atoms with E-state index in [2.05, 4.69) is 10.6 Å². The Morgan fingerprint density at radius 1 is 0.907 bits per heavy atom. The summed E-state index contributed by atoms with van der Waals surface area (Å²) in [6.07, 6.45) is -0.536. The molecule has 1 heterocycles. The third-order valence-corrected chi connectivity index (χ3v) is 6.90. The second-order valence-corrected chi connectivity index (χ2v) is 9.84. The van der Waals surface area contributed by atoms with Gasteiger partial charge in [0.2, 0.25) is 11.8 Å². The molecule has 1 fully saturated rings. The summed E-state index contributed by atoms with van der Waals surface area (Å²) in [4.78, 5) is 48.7. The molecule has 0 aromatic heterocycles. The zero-order valence-electron chi connectivity index (χ0n) is 22.7. The first-order valence-electron chi connectivity index (χ1n) is 13.3. The number of halogens is 2. The number of ether oxygens (including phenoxy) is 1. The average molecular weight is 598 g/mol. The van der Waals surface area contributed by atoms with Crippen LogP contribution in [0.2, 0.25) is 0 Å². The summed E-state index contributed by atoms with van der Waals surface area (Å²) in [6, 6.07) is 14.3. The third-order valence-electron chi connectivity index (χ3n) is 6.90. The Hall–Kier alpha value is -5.04. The number of amides is 3. The molecule has 1 saturated heterocycles. The number of hydrogen-bond acceptors (Lipinski definition) is 7. The number of phenols is 1. The van der Waals surface area contributed by atoms with E-state index in [-0.39, 0.29) is 30.2 Å². The monoisotopic (exact) mass is 597 g/mol. The van der Waals surface area contributed by atoms with E-state index in [9.17, 15) is 38.2 Å². The summed E-state index contributed by atoms with van der Waals surface area (Å²) >= 11 is 0. The highest BCUT2D eigenvalue weighted by Gasteiger charge is 2.49. The van der Waals surface area contributed by atoms with E-state index >= 15 is 0 Å². The van der Waals surface area contributed by atoms with E-state index in [4.69, 9.17) is 9.84 Å². The van der Waals surface area contributed by atoms with Gasteiger partial charge in [-0.1, -0.05) is 12.1 Å². The van der Waals surface area contributed by atoms with Crippen molar-refractivity contribution in [2.75, 3.05) is 24.6 Å². The maximum Gasteiger partial charge on any atom is 0.322 e. The predicted octanol–water partition coefficient (Wildman–Crippen LogP) is 2.58. The minimum atomic E-state index is -1.23. The second-order valence-electron chi connectivity index (χ2n) is 9.84. The Morgan fingerprint density at radius 2 is 1.53 bits per heavy atom. The fourth-order valence-electron chi connectivity index (χ4n) is 4.74. The van der Waals surface area contributed by atoms with Crippen LogP contribution in [0, 0.1) is 17.6 Å². The van der Waals surface area contributed by atoms with E-state index in [0.29, 0.717) is 16.8 Å². The number of anilines is 1. The van der Waals surface area contributed by atoms with Gasteiger partial charge in [-0.3, -0.25) is 19.2 Å². The topological polar surface area (TPSA) is 166 Å². The number of benzene rings is 3. The van der Waals surface area contributed by atoms with Gasteiger partial charge in [0.05, 0.1) is 24.6 Å². The van der Waals surface area contributed by atoms with Crippen molar-refractivity contribution in [2.24, 2.45) is 5.92 Å². The van der Waals surface area contributed by atoms with Crippen LogP contribution in [0.1, 0.15) is 36.1 Å². The van der Waals surface area contributed by atoms with Crippen molar-refractivity contribution in [2.45, 2.75) is 25.0 Å². The average Bonchev–Trinajstić information content (AvgIpc) is 2.98. The number of aliphatic hydroxyl groups excluding tert-OH is 1. The number of aliphatic hydroxyl groups is 1. The lowest BCUT2D eigenvalue weighted by Gasteiger charge is -2.48. The number of carbonyl (C=O) groups is 4. The van der Waals surface area contributed by atoms with Gasteiger partial charge in [-0.2, -0.15) is 0 Å². The van der Waals surface area contributed by atoms with E-state index in [0.717, 1.165) is 0 Å². The standard InChI is InChI=1S/C30H29F2N3O8/c31-18-3-1-17(2-4-18)24(36)12-11-23-29(35(30(23)42)20-7-5-19(32)6-8-20)22-10-9-21(13-25(22)37)43-16-27(39)33-14-26(38)34-15-28(40)41/h1-10,13,23-24,29,36-37H,11-12,14-16H2,(H,33,39)(H,34,38)(H,40,41)/t23-,24+,29-/m1/s1. The normalized spacial score (nSPS) is 16.6. The summed E-state index contributed by atoms with van der Waals surface area (Å²) in [5.41, 5.74) is 1.27. The van der Waals surface area contributed by atoms with Crippen molar-refractivity contribution in [3.05, 3.63) is 89.5 Å². The smallest absolute Gasteiger partial charge is 0.322 e. The predicted molar refractivity (Wildman–Crippen MR) is 148 cm³/mol. The molecule has 3 aromatic rings. The number of nitrogens with one attached hydrogen (secondary N) is 2. The number of phenolic OH excluding ortho intramolecular Hbond substituents is 1. The molecule has 226 valence electrons. The van der Waals surface area contributed by atoms with Gasteiger partial charge in [-0.15, -0.1) is 0 Å². The van der Waals surface area contributed by atoms with Crippen LogP contribution < -0.4 is 20.3 Å². The molecule has 3 aromatic carbocycles. The van der Waals surface area contributed by atoms with Crippen molar-refractivity contribution < 1.29 is 48.0 Å². The maximum absolute atomic E-state index is 13.6. The number of hydrogen-bond donors (Lipinski definition) is 5. The SMILES string of the molecule is O=C(O)CNC(=O)CNC(=O)COc1ccc([C@@H]2[C@@H](CC[C@H](O)c3ccc(F)cc3)C(=O)N2c2ccc(F)cc2)c(O)c1. The van der Waals surface area contributed by atoms with Gasteiger partial charge in [-0.05, 0) is 66.9 Å². The molecule has 13 heteroatoms. The molecule has 0 radical (unpaired) electrons. The molecule has 3 amide bonds. The van der Waals surface area contributed by atoms with Crippen molar-refractivity contribution in [3.8, 4) is 11.5 Å². The van der Waals surface area contributed by atoms with Crippen molar-refractivity contribution in [1.29, 1.82) is 0 Å². The lowest BCUT2D eigenvalue weighted by atomic mass is 9.78. The number of carboxylic acid groups (broad SMARTS) is 1. The molecule has 0 saturated carbocycles. The Balaban J connectivity index is 1.44. The zero-order chi connectivity index (χ0) is 31.1. The van der Waals surface area contributed by atoms with Gasteiger partial charge in [0.15, 0.2) is 6.61 Å². The van der Waals surface area contributed by atoms with Gasteiger partial charge in [-0.25, -0.2) is 8.78 Å². The molecular formula is C30H29F2N3O8. The molecule has 1 aliphatic rings. The Kier molecular flexibility index (Phi) is 9.88. The Bertz CT molecular complexity index is 1480. The summed E-state index contributed by atoms with van der Waals surface area (Å²) in [5, 5.41) is 34.4. The van der Waals surface area contributed by atoms with Gasteiger partial charge in [0, 0.05) is 17.3 Å². The van der Waals surface area contributed by atoms with Crippen LogP contribution in [0.5, 0.6) is 11.5 Å². The highest BCUT2D eigenvalue weighted by molar-refractivity contribution is 6.03. The first-order valence-corrected chi connectivity index (χ1v) is 13.3. The first-order chi connectivity index (χ1) is 20.5. The molecule has 11 nitrogen and oxygen atoms in total. The lowest BCUT2D eigenvalue weighted by molar-refractivity contribution is -0.137. The molecule has 4 rings (SSSR count). The van der Waals surface area contributed by atoms with Crippen LogP contribution in [-0.2, 0) is 19.2 Å². The minimum Gasteiger partial charge on any atom is -0.507 e. The number of nitrogens with zero attached hydrogens (tertiary/aromatic N) is 1. The van der Waals surface area contributed by atoms with Crippen LogP contribution in [0.15, 0.2) is 66.7 Å². The van der Waals surface area contributed by atoms with Crippen molar-refractivity contribution in [3.63, 3.8) is 0 Å². The summed E-state index contributed by atoms with van der Waals surface area (Å²) in [5.74, 6) is -4.56. The third kappa shape index (κ3) is 7.83. The number of carbonyl (C=O) groups excluding carboxylic acids is 3. The molecule has 0 unspecified atom stereocenters. The summed E-state index contributed by atoms with van der Waals surface area (Å²) in [6.45, 7) is -1.54. The fourth-order valence-corrected chi connectivity index (χ4v) is 4.74. The second kappa shape index (κ2) is 13.7. The molecular weight excluding hydrogens is 568 g/mol. The van der Waals surface area contributed by atoms with Crippen molar-refractivity contribution >= 4 is 29.4 Å². The molecule has 3 atom stereocenters. The summed E-state index contributed by atoms with van der Waals surface area (Å²) in [7, 11) is 0. The van der Waals surface area contributed by atoms with Crippen LogP contribution in [-0.4, -0.2) is 58.7 Å². The number of aliphatic carboxylic acids is 1. The number of aromatic hydroxyl groups is 1. The van der Waals surface area contributed by atoms with E-state index < -0.39 is 67.2 Å². The van der Waals surface area contributed by atoms with Crippen LogP contribution in [0.4, 0.5) is 14.5 Å². The minimum absolute atomic E-state index is 0.119. The molecule has 0 bridgehead atoms. The largest absolute Gasteiger partial charge is 0.507 e. The number of β-lactam (4-membered cyclic amide) rings is 1. The van der Waals surface area contributed by atoms with Crippen LogP contribution >= 0.6 is 0 Å². The quantitative estimate of drug-likeness (QED) is 0.188. The molecule has 0 spiro atoms. The maximum atomic E-state index is 13.6. The molecule has 43 heavy (non-hydrogen) atoms. The van der Waals surface area contributed by atoms with Crippen molar-refractivity contribution in [1.82, 2.24) is 10.6 Å². The highest BCUT2D eigenvalue weighted by atomic mass is 19.1. The zero-order valence-corrected chi connectivity index (χ0v) is 22.7. The number of carboxylic acids is 1. The fraction of sp³-hybridized carbons (Fsp3) is 0.267. The lowest BCUT2D eigenvalue weighted by Crippen LogP contribution is -2.55. The first kappa shape index (κ1) is 30.9. The van der Waals surface area contributed by atoms with Gasteiger partial charge < -0.3 is 35.6 Å². The number of rotatable bonds is 13. The van der Waals surface area contributed by atoms with Gasteiger partial charge >= 0.3 is 5.97 Å². The van der Waals surface area contributed by atoms with E-state index in [1.54, 1.807) is 0 Å². The van der Waals surface area contributed by atoms with E-state index in [1.807, 2.05) is 0 Å². The Morgan fingerprint density at radius 3 is 2.16 bits per heavy atom.